The SMILES string of the molecule is COc1cccc(-c2nnc(NC(=O)C3CCCN3C(=O)c3cccc(Cl)c3)s2)c1. The van der Waals surface area contributed by atoms with Crippen LogP contribution in [-0.4, -0.2) is 46.6 Å². The second-order valence-electron chi connectivity index (χ2n) is 6.80. The van der Waals surface area contributed by atoms with Crippen LogP contribution in [0.3, 0.4) is 0 Å². The number of anilines is 1. The smallest absolute Gasteiger partial charge is 0.254 e. The number of ether oxygens (including phenoxy) is 1. The minimum Gasteiger partial charge on any atom is -0.497 e. The summed E-state index contributed by atoms with van der Waals surface area (Å²) in [5, 5.41) is 12.6. The normalized spacial score (nSPS) is 15.8. The van der Waals surface area contributed by atoms with Crippen molar-refractivity contribution in [3.8, 4) is 16.3 Å². The van der Waals surface area contributed by atoms with Crippen LogP contribution < -0.4 is 10.1 Å². The van der Waals surface area contributed by atoms with Crippen LogP contribution in [0.4, 0.5) is 5.13 Å². The van der Waals surface area contributed by atoms with Gasteiger partial charge in [0.25, 0.3) is 5.91 Å². The minimum atomic E-state index is -0.555. The van der Waals surface area contributed by atoms with Gasteiger partial charge in [-0.2, -0.15) is 0 Å². The molecule has 3 aromatic rings. The highest BCUT2D eigenvalue weighted by Crippen LogP contribution is 2.29. The molecule has 1 aliphatic rings. The van der Waals surface area contributed by atoms with Gasteiger partial charge in [-0.25, -0.2) is 0 Å². The number of methoxy groups -OCH3 is 1. The van der Waals surface area contributed by atoms with Gasteiger partial charge in [-0.05, 0) is 43.2 Å². The highest BCUT2D eigenvalue weighted by Gasteiger charge is 2.35. The molecule has 1 N–H and O–H groups in total. The van der Waals surface area contributed by atoms with E-state index in [0.717, 1.165) is 17.7 Å². The number of halogens is 1. The second kappa shape index (κ2) is 8.81. The Morgan fingerprint density at radius 2 is 2.03 bits per heavy atom. The first kappa shape index (κ1) is 20.3. The summed E-state index contributed by atoms with van der Waals surface area (Å²) in [6.45, 7) is 0.522. The van der Waals surface area contributed by atoms with Crippen molar-refractivity contribution in [1.29, 1.82) is 0 Å². The van der Waals surface area contributed by atoms with Gasteiger partial charge in [0, 0.05) is 22.7 Å². The average Bonchev–Trinajstić information content (AvgIpc) is 3.43. The molecule has 30 heavy (non-hydrogen) atoms. The predicted octanol–water partition coefficient (Wildman–Crippen LogP) is 4.11. The van der Waals surface area contributed by atoms with E-state index in [4.69, 9.17) is 16.3 Å². The molecule has 1 atom stereocenters. The molecule has 4 rings (SSSR count). The molecule has 0 bridgehead atoms. The lowest BCUT2D eigenvalue weighted by atomic mass is 10.1. The molecule has 2 heterocycles. The van der Waals surface area contributed by atoms with E-state index in [1.54, 1.807) is 36.3 Å². The third-order valence-corrected chi connectivity index (χ3v) is 5.98. The van der Waals surface area contributed by atoms with Gasteiger partial charge in [0.2, 0.25) is 11.0 Å². The van der Waals surface area contributed by atoms with Crippen LogP contribution in [0, 0.1) is 0 Å². The first-order valence-corrected chi connectivity index (χ1v) is 10.6. The molecule has 9 heteroatoms. The summed E-state index contributed by atoms with van der Waals surface area (Å²) >= 11 is 7.27. The maximum Gasteiger partial charge on any atom is 0.254 e. The van der Waals surface area contributed by atoms with Crippen molar-refractivity contribution in [3.05, 3.63) is 59.1 Å². The number of carbonyl (C=O) groups is 2. The highest BCUT2D eigenvalue weighted by atomic mass is 35.5. The number of amides is 2. The van der Waals surface area contributed by atoms with Gasteiger partial charge >= 0.3 is 0 Å². The Balaban J connectivity index is 1.47. The maximum atomic E-state index is 12.9. The van der Waals surface area contributed by atoms with E-state index in [1.165, 1.54) is 11.3 Å². The summed E-state index contributed by atoms with van der Waals surface area (Å²) in [6.07, 6.45) is 1.36. The summed E-state index contributed by atoms with van der Waals surface area (Å²) in [6, 6.07) is 13.7. The summed E-state index contributed by atoms with van der Waals surface area (Å²) in [5.41, 5.74) is 1.32. The first-order valence-electron chi connectivity index (χ1n) is 9.40. The third-order valence-electron chi connectivity index (χ3n) is 4.86. The van der Waals surface area contributed by atoms with Crippen LogP contribution in [0.1, 0.15) is 23.2 Å². The van der Waals surface area contributed by atoms with Crippen LogP contribution in [0.2, 0.25) is 5.02 Å². The zero-order chi connectivity index (χ0) is 21.1. The van der Waals surface area contributed by atoms with Crippen LogP contribution in [-0.2, 0) is 4.79 Å². The Morgan fingerprint density at radius 3 is 2.83 bits per heavy atom. The average molecular weight is 443 g/mol. The molecular formula is C21H19ClN4O3S. The van der Waals surface area contributed by atoms with Crippen molar-refractivity contribution in [3.63, 3.8) is 0 Å². The summed E-state index contributed by atoms with van der Waals surface area (Å²) in [7, 11) is 1.60. The molecule has 0 radical (unpaired) electrons. The molecule has 0 saturated carbocycles. The monoisotopic (exact) mass is 442 g/mol. The second-order valence-corrected chi connectivity index (χ2v) is 8.21. The van der Waals surface area contributed by atoms with E-state index in [-0.39, 0.29) is 11.8 Å². The van der Waals surface area contributed by atoms with Gasteiger partial charge in [-0.15, -0.1) is 10.2 Å². The van der Waals surface area contributed by atoms with Gasteiger partial charge < -0.3 is 9.64 Å². The summed E-state index contributed by atoms with van der Waals surface area (Å²) < 4.78 is 5.23. The number of hydrogen-bond acceptors (Lipinski definition) is 6. The molecule has 2 amide bonds. The molecule has 1 fully saturated rings. The highest BCUT2D eigenvalue weighted by molar-refractivity contribution is 7.18. The number of rotatable bonds is 5. The number of likely N-dealkylation sites (tertiary alicyclic amines) is 1. The van der Waals surface area contributed by atoms with Gasteiger partial charge in [0.1, 0.15) is 16.8 Å². The maximum absolute atomic E-state index is 12.9. The zero-order valence-corrected chi connectivity index (χ0v) is 17.7. The fraction of sp³-hybridized carbons (Fsp3) is 0.238. The lowest BCUT2D eigenvalue weighted by molar-refractivity contribution is -0.119. The van der Waals surface area contributed by atoms with E-state index in [2.05, 4.69) is 15.5 Å². The van der Waals surface area contributed by atoms with Crippen LogP contribution in [0.25, 0.3) is 10.6 Å². The molecule has 1 aromatic heterocycles. The lowest BCUT2D eigenvalue weighted by Crippen LogP contribution is -2.43. The van der Waals surface area contributed by atoms with Gasteiger partial charge in [0.05, 0.1) is 7.11 Å². The van der Waals surface area contributed by atoms with Crippen molar-refractivity contribution in [2.45, 2.75) is 18.9 Å². The fourth-order valence-corrected chi connectivity index (χ4v) is 4.34. The van der Waals surface area contributed by atoms with E-state index in [9.17, 15) is 9.59 Å². The molecule has 0 aliphatic carbocycles. The molecule has 0 spiro atoms. The number of carbonyl (C=O) groups excluding carboxylic acids is 2. The van der Waals surface area contributed by atoms with Crippen LogP contribution in [0.5, 0.6) is 5.75 Å². The Kier molecular flexibility index (Phi) is 5.96. The number of hydrogen-bond donors (Lipinski definition) is 1. The van der Waals surface area contributed by atoms with E-state index in [1.807, 2.05) is 24.3 Å². The molecular weight excluding hydrogens is 424 g/mol. The third kappa shape index (κ3) is 4.29. The number of aromatic nitrogens is 2. The van der Waals surface area contributed by atoms with Crippen molar-refractivity contribution >= 4 is 39.9 Å². The molecule has 154 valence electrons. The largest absolute Gasteiger partial charge is 0.497 e. The molecule has 1 saturated heterocycles. The quantitative estimate of drug-likeness (QED) is 0.642. The first-order chi connectivity index (χ1) is 14.5. The standard InChI is InChI=1S/C21H19ClN4O3S/c1-29-16-8-3-5-13(12-16)19-24-25-21(30-19)23-18(27)17-9-4-10-26(17)20(28)14-6-2-7-15(22)11-14/h2-3,5-8,11-12,17H,4,9-10H2,1H3,(H,23,25,27). The lowest BCUT2D eigenvalue weighted by Gasteiger charge is -2.23. The molecule has 1 aliphatic heterocycles. The Bertz CT molecular complexity index is 1090. The van der Waals surface area contributed by atoms with Gasteiger partial charge in [0.15, 0.2) is 0 Å². The summed E-state index contributed by atoms with van der Waals surface area (Å²) in [5.74, 6) is 0.245. The zero-order valence-electron chi connectivity index (χ0n) is 16.2. The van der Waals surface area contributed by atoms with Crippen LogP contribution >= 0.6 is 22.9 Å². The van der Waals surface area contributed by atoms with Crippen molar-refractivity contribution < 1.29 is 14.3 Å². The van der Waals surface area contributed by atoms with Crippen molar-refractivity contribution in [2.24, 2.45) is 0 Å². The number of nitrogens with zero attached hydrogens (tertiary/aromatic N) is 3. The number of nitrogens with one attached hydrogen (secondary N) is 1. The Labute approximate surface area is 182 Å². The van der Waals surface area contributed by atoms with E-state index in [0.29, 0.717) is 33.7 Å². The van der Waals surface area contributed by atoms with Crippen molar-refractivity contribution in [1.82, 2.24) is 15.1 Å². The van der Waals surface area contributed by atoms with Crippen LogP contribution in [0.15, 0.2) is 48.5 Å². The Hall–Kier alpha value is -2.97. The van der Waals surface area contributed by atoms with Gasteiger partial charge in [-0.3, -0.25) is 14.9 Å². The molecule has 7 nitrogen and oxygen atoms in total. The van der Waals surface area contributed by atoms with E-state index >= 15 is 0 Å². The molecule has 1 unspecified atom stereocenters. The van der Waals surface area contributed by atoms with Crippen molar-refractivity contribution in [2.75, 3.05) is 19.0 Å². The van der Waals surface area contributed by atoms with Gasteiger partial charge in [-0.1, -0.05) is 41.1 Å². The summed E-state index contributed by atoms with van der Waals surface area (Å²) in [4.78, 5) is 27.3. The predicted molar refractivity (Wildman–Crippen MR) is 116 cm³/mol. The Morgan fingerprint density at radius 1 is 1.20 bits per heavy atom. The fourth-order valence-electron chi connectivity index (χ4n) is 3.40. The topological polar surface area (TPSA) is 84.4 Å². The minimum absolute atomic E-state index is 0.204. The van der Waals surface area contributed by atoms with E-state index < -0.39 is 6.04 Å². The number of benzene rings is 2. The molecule has 2 aromatic carbocycles.